The van der Waals surface area contributed by atoms with Crippen LogP contribution in [0, 0.1) is 11.6 Å². The Morgan fingerprint density at radius 1 is 0.963 bits per heavy atom. The summed E-state index contributed by atoms with van der Waals surface area (Å²) in [6, 6.07) is 7.47. The van der Waals surface area contributed by atoms with E-state index in [1.54, 1.807) is 0 Å². The van der Waals surface area contributed by atoms with Crippen molar-refractivity contribution in [1.29, 1.82) is 0 Å². The maximum atomic E-state index is 13.3. The van der Waals surface area contributed by atoms with Gasteiger partial charge in [-0.15, -0.1) is 0 Å². The third kappa shape index (κ3) is 4.01. The average Bonchev–Trinajstić information content (AvgIpc) is 2.64. The van der Waals surface area contributed by atoms with Gasteiger partial charge in [0.2, 0.25) is 10.0 Å². The summed E-state index contributed by atoms with van der Waals surface area (Å²) in [4.78, 5) is -0.258. The van der Waals surface area contributed by atoms with Gasteiger partial charge in [0.15, 0.2) is 9.84 Å². The number of sulfone groups is 1. The van der Waals surface area contributed by atoms with E-state index in [2.05, 4.69) is 0 Å². The van der Waals surface area contributed by atoms with Crippen molar-refractivity contribution in [1.82, 2.24) is 4.31 Å². The summed E-state index contributed by atoms with van der Waals surface area (Å²) < 4.78 is 78.6. The summed E-state index contributed by atoms with van der Waals surface area (Å²) in [7, 11) is -7.85. The number of benzene rings is 2. The zero-order chi connectivity index (χ0) is 19.8. The van der Waals surface area contributed by atoms with E-state index in [0.717, 1.165) is 46.8 Å². The molecule has 1 atom stereocenters. The second-order valence-corrected chi connectivity index (χ2v) is 10.8. The van der Waals surface area contributed by atoms with Gasteiger partial charge in [0.25, 0.3) is 0 Å². The Kier molecular flexibility index (Phi) is 5.58. The third-order valence-corrected chi connectivity index (χ3v) is 8.79. The SMILES string of the molecule is O=S(=O)(c1ccc(F)cc1)[C@H]1CCCN(S(=O)(=O)c2ccc(F)c(Cl)c2)C1. The number of nitrogens with zero attached hydrogens (tertiary/aromatic N) is 1. The van der Waals surface area contributed by atoms with E-state index in [1.165, 1.54) is 0 Å². The molecule has 0 bridgehead atoms. The quantitative estimate of drug-likeness (QED) is 0.691. The fraction of sp³-hybridized carbons (Fsp3) is 0.294. The average molecular weight is 436 g/mol. The lowest BCUT2D eigenvalue weighted by atomic mass is 10.2. The molecule has 1 heterocycles. The smallest absolute Gasteiger partial charge is 0.223 e. The predicted molar refractivity (Wildman–Crippen MR) is 96.8 cm³/mol. The third-order valence-electron chi connectivity index (χ3n) is 4.45. The molecule has 1 aliphatic heterocycles. The van der Waals surface area contributed by atoms with Gasteiger partial charge in [0, 0.05) is 13.1 Å². The zero-order valence-electron chi connectivity index (χ0n) is 14.0. The molecule has 0 unspecified atom stereocenters. The highest BCUT2D eigenvalue weighted by Gasteiger charge is 2.37. The lowest BCUT2D eigenvalue weighted by Crippen LogP contribution is -2.45. The van der Waals surface area contributed by atoms with Crippen molar-refractivity contribution < 1.29 is 25.6 Å². The summed E-state index contributed by atoms with van der Waals surface area (Å²) in [5.41, 5.74) is 0. The summed E-state index contributed by atoms with van der Waals surface area (Å²) in [6.45, 7) is -0.0934. The van der Waals surface area contributed by atoms with Crippen LogP contribution >= 0.6 is 11.6 Å². The number of hydrogen-bond donors (Lipinski definition) is 0. The van der Waals surface area contributed by atoms with E-state index in [-0.39, 0.29) is 34.3 Å². The molecular formula is C17H16ClF2NO4S2. The van der Waals surface area contributed by atoms with Gasteiger partial charge < -0.3 is 0 Å². The van der Waals surface area contributed by atoms with E-state index in [9.17, 15) is 25.6 Å². The van der Waals surface area contributed by atoms with Gasteiger partial charge in [-0.05, 0) is 55.3 Å². The van der Waals surface area contributed by atoms with Crippen molar-refractivity contribution in [3.8, 4) is 0 Å². The highest BCUT2D eigenvalue weighted by Crippen LogP contribution is 2.29. The van der Waals surface area contributed by atoms with Gasteiger partial charge in [-0.25, -0.2) is 25.6 Å². The van der Waals surface area contributed by atoms with E-state index in [0.29, 0.717) is 6.42 Å². The Morgan fingerprint density at radius 2 is 1.59 bits per heavy atom. The first-order chi connectivity index (χ1) is 12.6. The van der Waals surface area contributed by atoms with Gasteiger partial charge >= 0.3 is 0 Å². The second kappa shape index (κ2) is 7.46. The molecule has 3 rings (SSSR count). The fourth-order valence-electron chi connectivity index (χ4n) is 2.98. The first-order valence-electron chi connectivity index (χ1n) is 8.07. The van der Waals surface area contributed by atoms with Crippen LogP contribution in [0.3, 0.4) is 0 Å². The minimum Gasteiger partial charge on any atom is -0.223 e. The lowest BCUT2D eigenvalue weighted by molar-refractivity contribution is 0.346. The van der Waals surface area contributed by atoms with E-state index >= 15 is 0 Å². The molecule has 0 aromatic heterocycles. The Bertz CT molecular complexity index is 1060. The topological polar surface area (TPSA) is 71.5 Å². The van der Waals surface area contributed by atoms with Gasteiger partial charge in [0.1, 0.15) is 11.6 Å². The van der Waals surface area contributed by atoms with E-state index < -0.39 is 36.7 Å². The number of sulfonamides is 1. The van der Waals surface area contributed by atoms with Crippen LogP contribution in [-0.4, -0.2) is 39.5 Å². The van der Waals surface area contributed by atoms with Crippen LogP contribution in [0.15, 0.2) is 52.3 Å². The van der Waals surface area contributed by atoms with E-state index in [4.69, 9.17) is 11.6 Å². The molecule has 0 saturated carbocycles. The number of rotatable bonds is 4. The summed E-state index contributed by atoms with van der Waals surface area (Å²) in [5, 5.41) is -1.29. The molecule has 1 fully saturated rings. The normalized spacial score (nSPS) is 19.1. The number of piperidine rings is 1. The number of halogens is 3. The van der Waals surface area contributed by atoms with Crippen LogP contribution in [-0.2, 0) is 19.9 Å². The molecule has 5 nitrogen and oxygen atoms in total. The highest BCUT2D eigenvalue weighted by atomic mass is 35.5. The largest absolute Gasteiger partial charge is 0.243 e. The highest BCUT2D eigenvalue weighted by molar-refractivity contribution is 7.92. The molecular weight excluding hydrogens is 420 g/mol. The first kappa shape index (κ1) is 20.2. The molecule has 1 aliphatic rings. The minimum absolute atomic E-state index is 0.0574. The Hall–Kier alpha value is -1.55. The molecule has 0 amide bonds. The molecule has 0 aliphatic carbocycles. The monoisotopic (exact) mass is 435 g/mol. The molecule has 27 heavy (non-hydrogen) atoms. The molecule has 0 N–H and O–H groups in total. The van der Waals surface area contributed by atoms with Crippen LogP contribution in [0.4, 0.5) is 8.78 Å². The molecule has 146 valence electrons. The van der Waals surface area contributed by atoms with Crippen LogP contribution in [0.1, 0.15) is 12.8 Å². The summed E-state index contributed by atoms with van der Waals surface area (Å²) in [6.07, 6.45) is 0.634. The molecule has 2 aromatic carbocycles. The Balaban J connectivity index is 1.89. The minimum atomic E-state index is -4.03. The van der Waals surface area contributed by atoms with Crippen molar-refractivity contribution in [3.05, 3.63) is 59.1 Å². The van der Waals surface area contributed by atoms with Gasteiger partial charge in [-0.3, -0.25) is 0 Å². The van der Waals surface area contributed by atoms with Crippen molar-refractivity contribution in [2.45, 2.75) is 27.9 Å². The van der Waals surface area contributed by atoms with Crippen LogP contribution in [0.5, 0.6) is 0 Å². The zero-order valence-corrected chi connectivity index (χ0v) is 16.4. The van der Waals surface area contributed by atoms with Crippen molar-refractivity contribution in [2.24, 2.45) is 0 Å². The maximum Gasteiger partial charge on any atom is 0.243 e. The molecule has 1 saturated heterocycles. The molecule has 0 radical (unpaired) electrons. The summed E-state index contributed by atoms with van der Waals surface area (Å²) >= 11 is 5.67. The van der Waals surface area contributed by atoms with Gasteiger partial charge in [-0.2, -0.15) is 4.31 Å². The van der Waals surface area contributed by atoms with Crippen molar-refractivity contribution in [3.63, 3.8) is 0 Å². The lowest BCUT2D eigenvalue weighted by Gasteiger charge is -2.31. The maximum absolute atomic E-state index is 13.3. The van der Waals surface area contributed by atoms with Gasteiger partial charge in [-0.1, -0.05) is 11.6 Å². The standard InChI is InChI=1S/C17H16ClF2NO4S2/c18-16-10-14(7-8-17(16)20)27(24,25)21-9-1-2-15(11-21)26(22,23)13-5-3-12(19)4-6-13/h3-8,10,15H,1-2,9,11H2/t15-/m0/s1. The Labute approximate surface area is 161 Å². The van der Waals surface area contributed by atoms with Crippen LogP contribution in [0.25, 0.3) is 0 Å². The van der Waals surface area contributed by atoms with Crippen LogP contribution < -0.4 is 0 Å². The van der Waals surface area contributed by atoms with Crippen LogP contribution in [0.2, 0.25) is 5.02 Å². The van der Waals surface area contributed by atoms with E-state index in [1.807, 2.05) is 0 Å². The molecule has 2 aromatic rings. The van der Waals surface area contributed by atoms with Gasteiger partial charge in [0.05, 0.1) is 20.1 Å². The Morgan fingerprint density at radius 3 is 2.22 bits per heavy atom. The fourth-order valence-corrected chi connectivity index (χ4v) is 6.62. The predicted octanol–water partition coefficient (Wildman–Crippen LogP) is 3.25. The second-order valence-electron chi connectivity index (χ2n) is 6.20. The molecule has 10 heteroatoms. The van der Waals surface area contributed by atoms with Crippen molar-refractivity contribution in [2.75, 3.05) is 13.1 Å². The molecule has 0 spiro atoms. The first-order valence-corrected chi connectivity index (χ1v) is 11.4. The summed E-state index contributed by atoms with van der Waals surface area (Å²) in [5.74, 6) is -1.30. The number of hydrogen-bond acceptors (Lipinski definition) is 4. The van der Waals surface area contributed by atoms with Crippen molar-refractivity contribution >= 4 is 31.5 Å².